The molecule has 2 amide bonds. The predicted molar refractivity (Wildman–Crippen MR) is 102 cm³/mol. The van der Waals surface area contributed by atoms with E-state index in [1.807, 2.05) is 31.2 Å². The Hall–Kier alpha value is -2.21. The van der Waals surface area contributed by atoms with Gasteiger partial charge >= 0.3 is 0 Å². The van der Waals surface area contributed by atoms with Crippen LogP contribution in [0.3, 0.4) is 0 Å². The fourth-order valence-corrected chi connectivity index (χ4v) is 3.16. The molecule has 0 fully saturated rings. The van der Waals surface area contributed by atoms with Gasteiger partial charge in [0.05, 0.1) is 11.5 Å². The first-order valence-electron chi connectivity index (χ1n) is 8.43. The maximum absolute atomic E-state index is 12.1. The first-order chi connectivity index (χ1) is 12.1. The van der Waals surface area contributed by atoms with E-state index >= 15 is 0 Å². The molecule has 0 saturated heterocycles. The van der Waals surface area contributed by atoms with Crippen LogP contribution in [0.5, 0.6) is 0 Å². The number of anilines is 1. The Balaban J connectivity index is 1.78. The van der Waals surface area contributed by atoms with Crippen molar-refractivity contribution in [3.05, 3.63) is 54.0 Å². The maximum atomic E-state index is 12.1. The first-order valence-corrected chi connectivity index (χ1v) is 9.48. The standard InChI is InChI=1S/C19H24N2O3S/c1-3-4-12-25-14(2)18(22)20-13-15-7-9-16(10-8-15)21-19(23)17-6-5-11-24-17/h5-11,14H,3-4,12-13H2,1-2H3,(H,20,22)(H,21,23). The normalized spacial score (nSPS) is 11.8. The summed E-state index contributed by atoms with van der Waals surface area (Å²) in [6, 6.07) is 10.7. The van der Waals surface area contributed by atoms with Crippen molar-refractivity contribution in [3.8, 4) is 0 Å². The SMILES string of the molecule is CCCCSC(C)C(=O)NCc1ccc(NC(=O)c2ccco2)cc1. The summed E-state index contributed by atoms with van der Waals surface area (Å²) in [5, 5.41) is 5.66. The van der Waals surface area contributed by atoms with Gasteiger partial charge in [0.25, 0.3) is 5.91 Å². The number of carbonyl (C=O) groups excluding carboxylic acids is 2. The summed E-state index contributed by atoms with van der Waals surface area (Å²) in [5.41, 5.74) is 1.66. The maximum Gasteiger partial charge on any atom is 0.291 e. The van der Waals surface area contributed by atoms with Crippen LogP contribution in [0.2, 0.25) is 0 Å². The van der Waals surface area contributed by atoms with E-state index in [0.717, 1.165) is 24.2 Å². The monoisotopic (exact) mass is 360 g/mol. The average molecular weight is 360 g/mol. The third-order valence-electron chi connectivity index (χ3n) is 3.66. The molecule has 0 saturated carbocycles. The molecule has 2 N–H and O–H groups in total. The zero-order chi connectivity index (χ0) is 18.1. The molecule has 0 aliphatic heterocycles. The van der Waals surface area contributed by atoms with E-state index in [1.165, 1.54) is 6.26 Å². The topological polar surface area (TPSA) is 71.3 Å². The van der Waals surface area contributed by atoms with E-state index in [-0.39, 0.29) is 22.8 Å². The Morgan fingerprint density at radius 3 is 2.60 bits per heavy atom. The molecule has 2 aromatic rings. The molecule has 0 spiro atoms. The Kier molecular flexibility index (Phi) is 7.60. The zero-order valence-corrected chi connectivity index (χ0v) is 15.4. The van der Waals surface area contributed by atoms with E-state index in [4.69, 9.17) is 4.42 Å². The molecule has 0 aliphatic carbocycles. The highest BCUT2D eigenvalue weighted by atomic mass is 32.2. The van der Waals surface area contributed by atoms with Crippen molar-refractivity contribution in [2.45, 2.75) is 38.5 Å². The largest absolute Gasteiger partial charge is 0.459 e. The summed E-state index contributed by atoms with van der Waals surface area (Å²) in [6.07, 6.45) is 3.74. The fraction of sp³-hybridized carbons (Fsp3) is 0.368. The number of thioether (sulfide) groups is 1. The Morgan fingerprint density at radius 2 is 1.96 bits per heavy atom. The molecule has 0 radical (unpaired) electrons. The highest BCUT2D eigenvalue weighted by Crippen LogP contribution is 2.14. The van der Waals surface area contributed by atoms with Gasteiger partial charge in [-0.2, -0.15) is 0 Å². The summed E-state index contributed by atoms with van der Waals surface area (Å²) in [4.78, 5) is 23.9. The van der Waals surface area contributed by atoms with Gasteiger partial charge < -0.3 is 15.1 Å². The predicted octanol–water partition coefficient (Wildman–Crippen LogP) is 4.07. The lowest BCUT2D eigenvalue weighted by Gasteiger charge is -2.12. The van der Waals surface area contributed by atoms with Gasteiger partial charge in [-0.15, -0.1) is 11.8 Å². The first kappa shape index (κ1) is 19.1. The lowest BCUT2D eigenvalue weighted by molar-refractivity contribution is -0.120. The Labute approximate surface area is 152 Å². The molecule has 6 heteroatoms. The summed E-state index contributed by atoms with van der Waals surface area (Å²) in [5.74, 6) is 1.04. The van der Waals surface area contributed by atoms with Gasteiger partial charge in [0.1, 0.15) is 0 Å². The number of hydrogen-bond acceptors (Lipinski definition) is 4. The third kappa shape index (κ3) is 6.31. The Morgan fingerprint density at radius 1 is 1.20 bits per heavy atom. The van der Waals surface area contributed by atoms with Crippen LogP contribution in [0.25, 0.3) is 0 Å². The molecule has 134 valence electrons. The van der Waals surface area contributed by atoms with Crippen molar-refractivity contribution in [2.24, 2.45) is 0 Å². The summed E-state index contributed by atoms with van der Waals surface area (Å²) in [7, 11) is 0. The highest BCUT2D eigenvalue weighted by Gasteiger charge is 2.12. The van der Waals surface area contributed by atoms with Crippen molar-refractivity contribution < 1.29 is 14.0 Å². The van der Waals surface area contributed by atoms with Gasteiger partial charge in [0.15, 0.2) is 5.76 Å². The van der Waals surface area contributed by atoms with Gasteiger partial charge in [0.2, 0.25) is 5.91 Å². The quantitative estimate of drug-likeness (QED) is 0.661. The fourth-order valence-electron chi connectivity index (χ4n) is 2.12. The van der Waals surface area contributed by atoms with Crippen LogP contribution in [-0.2, 0) is 11.3 Å². The minimum absolute atomic E-state index is 0.0431. The number of unbranched alkanes of at least 4 members (excludes halogenated alkanes) is 1. The third-order valence-corrected chi connectivity index (χ3v) is 4.90. The molecule has 1 unspecified atom stereocenters. The smallest absolute Gasteiger partial charge is 0.291 e. The van der Waals surface area contributed by atoms with E-state index in [1.54, 1.807) is 23.9 Å². The molecule has 0 bridgehead atoms. The molecule has 25 heavy (non-hydrogen) atoms. The molecule has 2 rings (SSSR count). The highest BCUT2D eigenvalue weighted by molar-refractivity contribution is 8.00. The van der Waals surface area contributed by atoms with E-state index < -0.39 is 0 Å². The van der Waals surface area contributed by atoms with Crippen molar-refractivity contribution in [1.29, 1.82) is 0 Å². The van der Waals surface area contributed by atoms with Crippen LogP contribution in [-0.4, -0.2) is 22.8 Å². The minimum atomic E-state index is -0.288. The van der Waals surface area contributed by atoms with Crippen LogP contribution in [0.1, 0.15) is 42.8 Å². The second kappa shape index (κ2) is 9.93. The van der Waals surface area contributed by atoms with Crippen LogP contribution >= 0.6 is 11.8 Å². The van der Waals surface area contributed by atoms with Crippen LogP contribution < -0.4 is 10.6 Å². The number of hydrogen-bond donors (Lipinski definition) is 2. The van der Waals surface area contributed by atoms with Crippen LogP contribution in [0.4, 0.5) is 5.69 Å². The Bertz CT molecular complexity index is 668. The van der Waals surface area contributed by atoms with E-state index in [0.29, 0.717) is 12.2 Å². The second-order valence-corrected chi connectivity index (χ2v) is 7.16. The second-order valence-electron chi connectivity index (χ2n) is 5.71. The van der Waals surface area contributed by atoms with Gasteiger partial charge in [-0.1, -0.05) is 25.5 Å². The van der Waals surface area contributed by atoms with Crippen molar-refractivity contribution >= 4 is 29.3 Å². The molecular formula is C19H24N2O3S. The number of benzene rings is 1. The number of carbonyl (C=O) groups is 2. The number of amides is 2. The molecular weight excluding hydrogens is 336 g/mol. The van der Waals surface area contributed by atoms with Crippen molar-refractivity contribution in [1.82, 2.24) is 5.32 Å². The van der Waals surface area contributed by atoms with Crippen molar-refractivity contribution in [3.63, 3.8) is 0 Å². The van der Waals surface area contributed by atoms with Crippen LogP contribution in [0, 0.1) is 0 Å². The molecule has 1 aromatic heterocycles. The number of furan rings is 1. The molecule has 1 aromatic carbocycles. The van der Waals surface area contributed by atoms with Crippen molar-refractivity contribution in [2.75, 3.05) is 11.1 Å². The molecule has 1 atom stereocenters. The van der Waals surface area contributed by atoms with E-state index in [9.17, 15) is 9.59 Å². The summed E-state index contributed by atoms with van der Waals surface area (Å²) >= 11 is 1.68. The summed E-state index contributed by atoms with van der Waals surface area (Å²) in [6.45, 7) is 4.55. The van der Waals surface area contributed by atoms with Gasteiger partial charge in [-0.25, -0.2) is 0 Å². The zero-order valence-electron chi connectivity index (χ0n) is 14.6. The van der Waals surface area contributed by atoms with Gasteiger partial charge in [-0.05, 0) is 48.9 Å². The van der Waals surface area contributed by atoms with E-state index in [2.05, 4.69) is 17.6 Å². The number of nitrogens with one attached hydrogen (secondary N) is 2. The molecule has 1 heterocycles. The minimum Gasteiger partial charge on any atom is -0.459 e. The van der Waals surface area contributed by atoms with Crippen LogP contribution in [0.15, 0.2) is 47.1 Å². The number of rotatable bonds is 9. The molecule has 0 aliphatic rings. The van der Waals surface area contributed by atoms with Gasteiger partial charge in [0, 0.05) is 12.2 Å². The molecule has 5 nitrogen and oxygen atoms in total. The lowest BCUT2D eigenvalue weighted by atomic mass is 10.2. The lowest BCUT2D eigenvalue weighted by Crippen LogP contribution is -2.30. The van der Waals surface area contributed by atoms with Gasteiger partial charge in [-0.3, -0.25) is 9.59 Å². The summed E-state index contributed by atoms with van der Waals surface area (Å²) < 4.78 is 5.05. The average Bonchev–Trinajstić information content (AvgIpc) is 3.15.